The predicted molar refractivity (Wildman–Crippen MR) is 99.0 cm³/mol. The maximum Gasteiger partial charge on any atom is 0.227 e. The van der Waals surface area contributed by atoms with E-state index in [0.717, 1.165) is 13.1 Å². The average molecular weight is 388 g/mol. The van der Waals surface area contributed by atoms with Crippen LogP contribution in [0, 0.1) is 0 Å². The largest absolute Gasteiger partial charge is 0.339 e. The molecule has 9 heteroatoms. The number of rotatable bonds is 4. The second-order valence-corrected chi connectivity index (χ2v) is 5.80. The highest BCUT2D eigenvalue weighted by Gasteiger charge is 2.27. The number of halogens is 2. The second-order valence-electron chi connectivity index (χ2n) is 5.80. The highest BCUT2D eigenvalue weighted by Crippen LogP contribution is 2.15. The number of pyridine rings is 1. The van der Waals surface area contributed by atoms with E-state index >= 15 is 0 Å². The first-order valence-corrected chi connectivity index (χ1v) is 7.92. The van der Waals surface area contributed by atoms with E-state index in [1.165, 1.54) is 0 Å². The average Bonchev–Trinajstić information content (AvgIpc) is 3.05. The van der Waals surface area contributed by atoms with E-state index in [1.807, 2.05) is 23.1 Å². The van der Waals surface area contributed by atoms with Crippen LogP contribution in [0.15, 0.2) is 28.9 Å². The second kappa shape index (κ2) is 9.70. The number of piperazine rings is 1. The van der Waals surface area contributed by atoms with Crippen molar-refractivity contribution in [3.05, 3.63) is 30.3 Å². The Hall–Kier alpha value is -1.70. The van der Waals surface area contributed by atoms with Crippen molar-refractivity contribution in [1.29, 1.82) is 0 Å². The van der Waals surface area contributed by atoms with Crippen LogP contribution >= 0.6 is 24.8 Å². The molecule has 1 saturated heterocycles. The Morgan fingerprint density at radius 2 is 2.16 bits per heavy atom. The van der Waals surface area contributed by atoms with E-state index in [2.05, 4.69) is 34.3 Å². The van der Waals surface area contributed by atoms with Gasteiger partial charge in [0.1, 0.15) is 5.69 Å². The topological polar surface area (TPSA) is 84.2 Å². The van der Waals surface area contributed by atoms with Gasteiger partial charge in [0.25, 0.3) is 0 Å². The van der Waals surface area contributed by atoms with E-state index in [9.17, 15) is 4.79 Å². The lowest BCUT2D eigenvalue weighted by Crippen LogP contribution is -2.57. The highest BCUT2D eigenvalue weighted by molar-refractivity contribution is 5.85. The Morgan fingerprint density at radius 1 is 1.36 bits per heavy atom. The molecule has 1 aliphatic rings. The van der Waals surface area contributed by atoms with Gasteiger partial charge in [0.2, 0.25) is 17.6 Å². The van der Waals surface area contributed by atoms with Gasteiger partial charge in [-0.15, -0.1) is 24.8 Å². The normalized spacial score (nSPS) is 19.7. The van der Waals surface area contributed by atoms with Gasteiger partial charge in [-0.25, -0.2) is 0 Å². The molecule has 138 valence electrons. The lowest BCUT2D eigenvalue weighted by atomic mass is 10.1. The zero-order chi connectivity index (χ0) is 16.2. The van der Waals surface area contributed by atoms with Crippen molar-refractivity contribution in [2.24, 2.45) is 0 Å². The minimum atomic E-state index is 0. The smallest absolute Gasteiger partial charge is 0.227 e. The van der Waals surface area contributed by atoms with Gasteiger partial charge in [0.15, 0.2) is 0 Å². The van der Waals surface area contributed by atoms with E-state index in [-0.39, 0.29) is 36.8 Å². The summed E-state index contributed by atoms with van der Waals surface area (Å²) in [5.41, 5.74) is 0.665. The standard InChI is InChI=1S/C16H21N5O2.2ClH/c1-11-12(2)21(10-9-17-11)15(22)7-6-14-19-16(20-23-14)13-5-3-4-8-18-13;;/h3-5,8,11-12,17H,6-7,9-10H2,1-2H3;2*1H. The summed E-state index contributed by atoms with van der Waals surface area (Å²) in [6, 6.07) is 6.03. The van der Waals surface area contributed by atoms with Gasteiger partial charge in [-0.1, -0.05) is 11.2 Å². The number of aryl methyl sites for hydroxylation is 1. The highest BCUT2D eigenvalue weighted by atomic mass is 35.5. The maximum absolute atomic E-state index is 12.4. The van der Waals surface area contributed by atoms with E-state index in [0.29, 0.717) is 36.3 Å². The number of carbonyl (C=O) groups is 1. The summed E-state index contributed by atoms with van der Waals surface area (Å²) in [7, 11) is 0. The summed E-state index contributed by atoms with van der Waals surface area (Å²) in [5, 5.41) is 7.29. The molecule has 0 aromatic carbocycles. The fourth-order valence-corrected chi connectivity index (χ4v) is 2.72. The molecular weight excluding hydrogens is 365 g/mol. The molecule has 0 spiro atoms. The van der Waals surface area contributed by atoms with Crippen molar-refractivity contribution in [1.82, 2.24) is 25.3 Å². The number of nitrogens with one attached hydrogen (secondary N) is 1. The molecule has 2 aromatic rings. The molecule has 2 aromatic heterocycles. The number of hydrogen-bond donors (Lipinski definition) is 1. The summed E-state index contributed by atoms with van der Waals surface area (Å²) in [6.07, 6.45) is 2.51. The quantitative estimate of drug-likeness (QED) is 0.864. The van der Waals surface area contributed by atoms with Crippen LogP contribution in [0.3, 0.4) is 0 Å². The van der Waals surface area contributed by atoms with Crippen LogP contribution in [0.5, 0.6) is 0 Å². The lowest BCUT2D eigenvalue weighted by Gasteiger charge is -2.38. The molecule has 0 bridgehead atoms. The summed E-state index contributed by atoms with van der Waals surface area (Å²) >= 11 is 0. The van der Waals surface area contributed by atoms with Crippen molar-refractivity contribution in [2.75, 3.05) is 13.1 Å². The fourth-order valence-electron chi connectivity index (χ4n) is 2.72. The van der Waals surface area contributed by atoms with Crippen LogP contribution in [0.4, 0.5) is 0 Å². The van der Waals surface area contributed by atoms with Crippen LogP contribution in [0.25, 0.3) is 11.5 Å². The van der Waals surface area contributed by atoms with Crippen LogP contribution < -0.4 is 5.32 Å². The zero-order valence-electron chi connectivity index (χ0n) is 14.2. The monoisotopic (exact) mass is 387 g/mol. The van der Waals surface area contributed by atoms with Gasteiger partial charge in [-0.2, -0.15) is 4.98 Å². The van der Waals surface area contributed by atoms with Gasteiger partial charge < -0.3 is 14.7 Å². The van der Waals surface area contributed by atoms with Crippen LogP contribution in [-0.2, 0) is 11.2 Å². The van der Waals surface area contributed by atoms with E-state index in [4.69, 9.17) is 4.52 Å². The molecule has 1 aliphatic heterocycles. The molecule has 1 N–H and O–H groups in total. The lowest BCUT2D eigenvalue weighted by molar-refractivity contribution is -0.134. The minimum Gasteiger partial charge on any atom is -0.339 e. The molecule has 1 fully saturated rings. The van der Waals surface area contributed by atoms with Crippen molar-refractivity contribution < 1.29 is 9.32 Å². The minimum absolute atomic E-state index is 0. The van der Waals surface area contributed by atoms with Gasteiger partial charge in [0.05, 0.1) is 0 Å². The maximum atomic E-state index is 12.4. The number of carbonyl (C=O) groups excluding carboxylic acids is 1. The first kappa shape index (κ1) is 21.3. The summed E-state index contributed by atoms with van der Waals surface area (Å²) in [5.74, 6) is 1.05. The fraction of sp³-hybridized carbons (Fsp3) is 0.500. The van der Waals surface area contributed by atoms with Crippen molar-refractivity contribution in [2.45, 2.75) is 38.8 Å². The third-order valence-electron chi connectivity index (χ3n) is 4.27. The van der Waals surface area contributed by atoms with Crippen LogP contribution in [-0.4, -0.2) is 51.1 Å². The third-order valence-corrected chi connectivity index (χ3v) is 4.27. The summed E-state index contributed by atoms with van der Waals surface area (Å²) in [4.78, 5) is 22.8. The van der Waals surface area contributed by atoms with E-state index < -0.39 is 0 Å². The van der Waals surface area contributed by atoms with Gasteiger partial charge in [-0.05, 0) is 26.0 Å². The molecule has 3 rings (SSSR count). The Labute approximate surface area is 159 Å². The van der Waals surface area contributed by atoms with Crippen molar-refractivity contribution in [3.8, 4) is 11.5 Å². The molecule has 3 heterocycles. The molecule has 25 heavy (non-hydrogen) atoms. The van der Waals surface area contributed by atoms with Crippen molar-refractivity contribution >= 4 is 30.7 Å². The summed E-state index contributed by atoms with van der Waals surface area (Å²) in [6.45, 7) is 5.75. The van der Waals surface area contributed by atoms with Gasteiger partial charge in [0, 0.05) is 44.2 Å². The predicted octanol–water partition coefficient (Wildman–Crippen LogP) is 2.12. The molecule has 0 saturated carbocycles. The zero-order valence-corrected chi connectivity index (χ0v) is 15.8. The first-order chi connectivity index (χ1) is 11.1. The molecule has 7 nitrogen and oxygen atoms in total. The molecular formula is C16H23Cl2N5O2. The molecule has 2 unspecified atom stereocenters. The SMILES string of the molecule is CC1NCCN(C(=O)CCc2nc(-c3ccccn3)no2)C1C.Cl.Cl. The first-order valence-electron chi connectivity index (χ1n) is 7.92. The summed E-state index contributed by atoms with van der Waals surface area (Å²) < 4.78 is 5.22. The number of amides is 1. The number of aromatic nitrogens is 3. The van der Waals surface area contributed by atoms with Gasteiger partial charge >= 0.3 is 0 Å². The Bertz CT molecular complexity index is 668. The molecule has 0 radical (unpaired) electrons. The number of nitrogens with zero attached hydrogens (tertiary/aromatic N) is 4. The molecule has 1 amide bonds. The van der Waals surface area contributed by atoms with Crippen molar-refractivity contribution in [3.63, 3.8) is 0 Å². The molecule has 2 atom stereocenters. The Balaban J connectivity index is 0.00000156. The Morgan fingerprint density at radius 3 is 2.88 bits per heavy atom. The third kappa shape index (κ3) is 5.14. The van der Waals surface area contributed by atoms with Crippen LogP contribution in [0.1, 0.15) is 26.2 Å². The van der Waals surface area contributed by atoms with Gasteiger partial charge in [-0.3, -0.25) is 9.78 Å². The van der Waals surface area contributed by atoms with E-state index in [1.54, 1.807) is 6.20 Å². The van der Waals surface area contributed by atoms with Crippen LogP contribution in [0.2, 0.25) is 0 Å². The Kier molecular flexibility index (Phi) is 8.28. The molecule has 0 aliphatic carbocycles. The number of hydrogen-bond acceptors (Lipinski definition) is 6.